The van der Waals surface area contributed by atoms with Crippen LogP contribution in [0.4, 0.5) is 8.78 Å². The molecular weight excluding hydrogens is 320 g/mol. The number of methoxy groups -OCH3 is 1. The first-order valence-corrected chi connectivity index (χ1v) is 7.83. The molecule has 6 nitrogen and oxygen atoms in total. The number of pyridine rings is 1. The van der Waals surface area contributed by atoms with E-state index in [1.165, 1.54) is 13.2 Å². The van der Waals surface area contributed by atoms with Crippen molar-refractivity contribution in [2.75, 3.05) is 26.8 Å². The van der Waals surface area contributed by atoms with Gasteiger partial charge < -0.3 is 14.2 Å². The van der Waals surface area contributed by atoms with Crippen molar-refractivity contribution in [1.82, 2.24) is 15.0 Å². The second kappa shape index (κ2) is 6.80. The molecule has 0 radical (unpaired) electrons. The van der Waals surface area contributed by atoms with E-state index in [0.29, 0.717) is 24.5 Å². The Kier molecular flexibility index (Phi) is 4.75. The summed E-state index contributed by atoms with van der Waals surface area (Å²) in [5, 5.41) is 4.02. The van der Waals surface area contributed by atoms with Crippen LogP contribution in [0, 0.1) is 6.92 Å². The van der Waals surface area contributed by atoms with Crippen LogP contribution in [0.5, 0.6) is 0 Å². The molecule has 1 saturated heterocycles. The zero-order valence-corrected chi connectivity index (χ0v) is 13.6. The molecule has 2 aromatic heterocycles. The van der Waals surface area contributed by atoms with Crippen molar-refractivity contribution < 1.29 is 22.8 Å². The molecule has 1 aliphatic rings. The second-order valence-corrected chi connectivity index (χ2v) is 6.00. The summed E-state index contributed by atoms with van der Waals surface area (Å²) in [7, 11) is 1.47. The molecule has 0 aromatic carbocycles. The van der Waals surface area contributed by atoms with Crippen LogP contribution in [-0.2, 0) is 9.53 Å². The highest BCUT2D eigenvalue weighted by molar-refractivity contribution is 5.80. The molecule has 0 unspecified atom stereocenters. The number of alkyl halides is 2. The number of carbonyl (C=O) groups excluding carboxylic acids is 1. The van der Waals surface area contributed by atoms with Crippen LogP contribution in [0.3, 0.4) is 0 Å². The predicted octanol–water partition coefficient (Wildman–Crippen LogP) is 2.82. The Bertz CT molecular complexity index is 747. The number of hydrogen-bond acceptors (Lipinski definition) is 5. The van der Waals surface area contributed by atoms with Gasteiger partial charge in [0.05, 0.1) is 11.1 Å². The number of hydrogen-bond donors (Lipinski definition) is 0. The highest BCUT2D eigenvalue weighted by Crippen LogP contribution is 2.34. The quantitative estimate of drug-likeness (QED) is 0.857. The molecule has 3 heterocycles. The third kappa shape index (κ3) is 3.10. The molecule has 1 atom stereocenters. The Hall–Kier alpha value is -2.09. The largest absolute Gasteiger partial charge is 0.375 e. The maximum atomic E-state index is 13.4. The fourth-order valence-electron chi connectivity index (χ4n) is 3.19. The van der Waals surface area contributed by atoms with Gasteiger partial charge in [-0.25, -0.2) is 13.8 Å². The molecule has 1 fully saturated rings. The number of nitrogens with zero attached hydrogens (tertiary/aromatic N) is 3. The number of halogens is 2. The van der Waals surface area contributed by atoms with Gasteiger partial charge in [-0.05, 0) is 25.8 Å². The van der Waals surface area contributed by atoms with Crippen molar-refractivity contribution in [2.45, 2.75) is 32.1 Å². The minimum absolute atomic E-state index is 0.0166. The first-order valence-electron chi connectivity index (χ1n) is 7.83. The summed E-state index contributed by atoms with van der Waals surface area (Å²) in [5.74, 6) is -0.209. The average Bonchev–Trinajstić information content (AvgIpc) is 2.95. The van der Waals surface area contributed by atoms with Crippen LogP contribution < -0.4 is 0 Å². The van der Waals surface area contributed by atoms with Crippen LogP contribution in [0.2, 0.25) is 0 Å². The van der Waals surface area contributed by atoms with E-state index in [1.807, 2.05) is 0 Å². The van der Waals surface area contributed by atoms with Gasteiger partial charge in [0, 0.05) is 37.4 Å². The first kappa shape index (κ1) is 16.8. The summed E-state index contributed by atoms with van der Waals surface area (Å²) in [6.45, 7) is 2.72. The van der Waals surface area contributed by atoms with E-state index >= 15 is 0 Å². The maximum Gasteiger partial charge on any atom is 0.264 e. The number of ether oxygens (including phenoxy) is 1. The zero-order chi connectivity index (χ0) is 17.3. The summed E-state index contributed by atoms with van der Waals surface area (Å²) in [6.07, 6.45) is -1.06. The average molecular weight is 339 g/mol. The van der Waals surface area contributed by atoms with Crippen LogP contribution in [-0.4, -0.2) is 47.8 Å². The molecule has 0 aliphatic carbocycles. The first-order chi connectivity index (χ1) is 11.5. The van der Waals surface area contributed by atoms with Gasteiger partial charge in [0.15, 0.2) is 0 Å². The van der Waals surface area contributed by atoms with E-state index in [-0.39, 0.29) is 35.1 Å². The lowest BCUT2D eigenvalue weighted by molar-refractivity contribution is -0.136. The summed E-state index contributed by atoms with van der Waals surface area (Å²) < 4.78 is 36.8. The van der Waals surface area contributed by atoms with Crippen molar-refractivity contribution in [2.24, 2.45) is 0 Å². The standard InChI is InChI=1S/C16H19F2N3O3/c1-9-14-11(15(17)18)6-12(19-16(14)24-20-9)10-4-3-5-21(7-10)13(22)8-23-2/h6,10,15H,3-5,7-8H2,1-2H3/t10-/m1/s1. The lowest BCUT2D eigenvalue weighted by Gasteiger charge is -2.32. The lowest BCUT2D eigenvalue weighted by Crippen LogP contribution is -2.41. The third-order valence-electron chi connectivity index (χ3n) is 4.36. The summed E-state index contributed by atoms with van der Waals surface area (Å²) >= 11 is 0. The van der Waals surface area contributed by atoms with Gasteiger partial charge in [-0.3, -0.25) is 4.79 Å². The van der Waals surface area contributed by atoms with Gasteiger partial charge in [0.2, 0.25) is 5.91 Å². The zero-order valence-electron chi connectivity index (χ0n) is 13.6. The predicted molar refractivity (Wildman–Crippen MR) is 81.9 cm³/mol. The summed E-state index contributed by atoms with van der Waals surface area (Å²) in [6, 6.07) is 1.42. The number of aryl methyl sites for hydroxylation is 1. The van der Waals surface area contributed by atoms with Crippen molar-refractivity contribution in [1.29, 1.82) is 0 Å². The van der Waals surface area contributed by atoms with Gasteiger partial charge >= 0.3 is 0 Å². The maximum absolute atomic E-state index is 13.4. The second-order valence-electron chi connectivity index (χ2n) is 6.00. The normalized spacial score (nSPS) is 18.5. The molecule has 0 bridgehead atoms. The fourth-order valence-corrected chi connectivity index (χ4v) is 3.19. The number of fused-ring (bicyclic) bond motifs is 1. The molecule has 0 saturated carbocycles. The topological polar surface area (TPSA) is 68.5 Å². The summed E-state index contributed by atoms with van der Waals surface area (Å²) in [5.41, 5.74) is 0.929. The van der Waals surface area contributed by atoms with Crippen LogP contribution in [0.1, 0.15) is 42.1 Å². The lowest BCUT2D eigenvalue weighted by atomic mass is 9.93. The smallest absolute Gasteiger partial charge is 0.264 e. The number of piperidine rings is 1. The van der Waals surface area contributed by atoms with Crippen molar-refractivity contribution in [3.63, 3.8) is 0 Å². The minimum Gasteiger partial charge on any atom is -0.375 e. The summed E-state index contributed by atoms with van der Waals surface area (Å²) in [4.78, 5) is 18.1. The van der Waals surface area contributed by atoms with Gasteiger partial charge in [-0.1, -0.05) is 5.16 Å². The number of amides is 1. The number of carbonyl (C=O) groups is 1. The SMILES string of the molecule is COCC(=O)N1CCC[C@@H](c2cc(C(F)F)c3c(C)noc3n2)C1. The van der Waals surface area contributed by atoms with Crippen LogP contribution >= 0.6 is 0 Å². The number of rotatable bonds is 4. The number of likely N-dealkylation sites (tertiary alicyclic amines) is 1. The Morgan fingerprint density at radius 1 is 1.54 bits per heavy atom. The van der Waals surface area contributed by atoms with E-state index in [4.69, 9.17) is 9.26 Å². The van der Waals surface area contributed by atoms with Crippen LogP contribution in [0.25, 0.3) is 11.1 Å². The van der Waals surface area contributed by atoms with Gasteiger partial charge in [-0.2, -0.15) is 0 Å². The highest BCUT2D eigenvalue weighted by Gasteiger charge is 2.28. The molecule has 8 heteroatoms. The van der Waals surface area contributed by atoms with E-state index in [0.717, 1.165) is 12.8 Å². The molecule has 24 heavy (non-hydrogen) atoms. The van der Waals surface area contributed by atoms with Crippen molar-refractivity contribution in [3.8, 4) is 0 Å². The molecule has 0 spiro atoms. The monoisotopic (exact) mass is 339 g/mol. The molecule has 130 valence electrons. The fraction of sp³-hybridized carbons (Fsp3) is 0.562. The third-order valence-corrected chi connectivity index (χ3v) is 4.36. The van der Waals surface area contributed by atoms with Crippen molar-refractivity contribution >= 4 is 17.0 Å². The molecular formula is C16H19F2N3O3. The Balaban J connectivity index is 1.92. The van der Waals surface area contributed by atoms with E-state index < -0.39 is 6.43 Å². The molecule has 0 N–H and O–H groups in total. The van der Waals surface area contributed by atoms with Crippen LogP contribution in [0.15, 0.2) is 10.6 Å². The molecule has 1 aliphatic heterocycles. The van der Waals surface area contributed by atoms with E-state index in [2.05, 4.69) is 10.1 Å². The molecule has 1 amide bonds. The Labute approximate surface area is 137 Å². The van der Waals surface area contributed by atoms with Gasteiger partial charge in [0.25, 0.3) is 12.1 Å². The molecule has 3 rings (SSSR count). The van der Waals surface area contributed by atoms with E-state index in [1.54, 1.807) is 11.8 Å². The molecule has 2 aromatic rings. The van der Waals surface area contributed by atoms with Gasteiger partial charge in [0.1, 0.15) is 6.61 Å². The van der Waals surface area contributed by atoms with Gasteiger partial charge in [-0.15, -0.1) is 0 Å². The van der Waals surface area contributed by atoms with E-state index in [9.17, 15) is 13.6 Å². The number of aromatic nitrogens is 2. The van der Waals surface area contributed by atoms with Crippen molar-refractivity contribution in [3.05, 3.63) is 23.0 Å². The minimum atomic E-state index is -2.64. The highest BCUT2D eigenvalue weighted by atomic mass is 19.3. The Morgan fingerprint density at radius 2 is 2.33 bits per heavy atom. The Morgan fingerprint density at radius 3 is 3.04 bits per heavy atom.